The fourth-order valence-corrected chi connectivity index (χ4v) is 4.16. The SMILES string of the molecule is CC1(c2ccccc2)CCCN(C2CCCCC2O)C1. The number of nitrogens with zero attached hydrogens (tertiary/aromatic N) is 1. The first-order valence-corrected chi connectivity index (χ1v) is 8.17. The van der Waals surface area contributed by atoms with Gasteiger partial charge in [0.05, 0.1) is 6.10 Å². The molecule has 1 aliphatic carbocycles. The molecule has 3 unspecified atom stereocenters. The monoisotopic (exact) mass is 273 g/mol. The van der Waals surface area contributed by atoms with Crippen molar-refractivity contribution in [3.63, 3.8) is 0 Å². The Morgan fingerprint density at radius 2 is 1.85 bits per heavy atom. The predicted octanol–water partition coefficient (Wildman–Crippen LogP) is 3.34. The van der Waals surface area contributed by atoms with Crippen molar-refractivity contribution in [3.05, 3.63) is 35.9 Å². The van der Waals surface area contributed by atoms with E-state index in [1.165, 1.54) is 37.7 Å². The van der Waals surface area contributed by atoms with Gasteiger partial charge in [0.15, 0.2) is 0 Å². The van der Waals surface area contributed by atoms with Crippen molar-refractivity contribution in [2.45, 2.75) is 63.0 Å². The first-order valence-electron chi connectivity index (χ1n) is 8.17. The van der Waals surface area contributed by atoms with Gasteiger partial charge in [0.1, 0.15) is 0 Å². The lowest BCUT2D eigenvalue weighted by atomic mass is 9.75. The molecular weight excluding hydrogens is 246 g/mol. The second-order valence-corrected chi connectivity index (χ2v) is 6.92. The van der Waals surface area contributed by atoms with Gasteiger partial charge in [-0.1, -0.05) is 50.1 Å². The zero-order valence-corrected chi connectivity index (χ0v) is 12.6. The molecule has 1 saturated carbocycles. The molecule has 2 fully saturated rings. The zero-order chi connectivity index (χ0) is 14.0. The van der Waals surface area contributed by atoms with E-state index in [4.69, 9.17) is 0 Å². The highest BCUT2D eigenvalue weighted by Crippen LogP contribution is 2.36. The number of piperidine rings is 1. The lowest BCUT2D eigenvalue weighted by Gasteiger charge is -2.46. The Morgan fingerprint density at radius 1 is 1.10 bits per heavy atom. The van der Waals surface area contributed by atoms with E-state index >= 15 is 0 Å². The van der Waals surface area contributed by atoms with Gasteiger partial charge in [-0.05, 0) is 37.8 Å². The van der Waals surface area contributed by atoms with Gasteiger partial charge >= 0.3 is 0 Å². The van der Waals surface area contributed by atoms with Crippen molar-refractivity contribution in [1.82, 2.24) is 4.90 Å². The molecule has 1 aromatic rings. The molecule has 2 aliphatic rings. The van der Waals surface area contributed by atoms with Crippen molar-refractivity contribution in [3.8, 4) is 0 Å². The summed E-state index contributed by atoms with van der Waals surface area (Å²) in [5.41, 5.74) is 1.70. The number of benzene rings is 1. The number of aliphatic hydroxyl groups is 1. The maximum Gasteiger partial charge on any atom is 0.0695 e. The first kappa shape index (κ1) is 14.1. The Morgan fingerprint density at radius 3 is 2.60 bits per heavy atom. The maximum atomic E-state index is 10.3. The number of hydrogen-bond donors (Lipinski definition) is 1. The summed E-state index contributed by atoms with van der Waals surface area (Å²) in [5.74, 6) is 0. The van der Waals surface area contributed by atoms with Crippen LogP contribution in [0.1, 0.15) is 51.0 Å². The largest absolute Gasteiger partial charge is 0.391 e. The van der Waals surface area contributed by atoms with Gasteiger partial charge in [-0.25, -0.2) is 0 Å². The number of likely N-dealkylation sites (tertiary alicyclic amines) is 1. The highest BCUT2D eigenvalue weighted by Gasteiger charge is 2.37. The summed E-state index contributed by atoms with van der Waals surface area (Å²) < 4.78 is 0. The van der Waals surface area contributed by atoms with Gasteiger partial charge in [-0.3, -0.25) is 4.90 Å². The van der Waals surface area contributed by atoms with Crippen LogP contribution in [0.3, 0.4) is 0 Å². The van der Waals surface area contributed by atoms with Crippen LogP contribution in [0.25, 0.3) is 0 Å². The Balaban J connectivity index is 1.76. The molecular formula is C18H27NO. The molecule has 20 heavy (non-hydrogen) atoms. The normalized spacial score (nSPS) is 35.9. The lowest BCUT2D eigenvalue weighted by Crippen LogP contribution is -2.53. The van der Waals surface area contributed by atoms with Crippen LogP contribution in [0.2, 0.25) is 0 Å². The highest BCUT2D eigenvalue weighted by molar-refractivity contribution is 5.25. The molecule has 2 heteroatoms. The molecule has 1 aliphatic heterocycles. The third kappa shape index (κ3) is 2.77. The Labute approximate surface area is 122 Å². The summed E-state index contributed by atoms with van der Waals surface area (Å²) in [7, 11) is 0. The van der Waals surface area contributed by atoms with E-state index in [1.54, 1.807) is 0 Å². The van der Waals surface area contributed by atoms with Crippen LogP contribution in [-0.2, 0) is 5.41 Å². The first-order chi connectivity index (χ1) is 9.69. The van der Waals surface area contributed by atoms with Gasteiger partial charge in [0.2, 0.25) is 0 Å². The molecule has 3 atom stereocenters. The van der Waals surface area contributed by atoms with E-state index in [-0.39, 0.29) is 11.5 Å². The van der Waals surface area contributed by atoms with Crippen LogP contribution in [-0.4, -0.2) is 35.2 Å². The molecule has 0 bridgehead atoms. The number of hydrogen-bond acceptors (Lipinski definition) is 2. The third-order valence-corrected chi connectivity index (χ3v) is 5.36. The minimum absolute atomic E-state index is 0.109. The van der Waals surface area contributed by atoms with E-state index in [1.807, 2.05) is 0 Å². The molecule has 3 rings (SSSR count). The summed E-state index contributed by atoms with van der Waals surface area (Å²) in [6.45, 7) is 4.65. The second-order valence-electron chi connectivity index (χ2n) is 6.92. The van der Waals surface area contributed by atoms with Crippen molar-refractivity contribution >= 4 is 0 Å². The minimum atomic E-state index is -0.109. The molecule has 0 aromatic heterocycles. The molecule has 1 N–H and O–H groups in total. The molecule has 1 saturated heterocycles. The molecule has 110 valence electrons. The molecule has 1 aromatic carbocycles. The average Bonchev–Trinajstić information content (AvgIpc) is 2.49. The Hall–Kier alpha value is -0.860. The van der Waals surface area contributed by atoms with Crippen molar-refractivity contribution < 1.29 is 5.11 Å². The minimum Gasteiger partial charge on any atom is -0.391 e. The fraction of sp³-hybridized carbons (Fsp3) is 0.667. The van der Waals surface area contributed by atoms with Crippen LogP contribution in [0.15, 0.2) is 30.3 Å². The van der Waals surface area contributed by atoms with Crippen LogP contribution in [0.4, 0.5) is 0 Å². The van der Waals surface area contributed by atoms with Crippen molar-refractivity contribution in [2.24, 2.45) is 0 Å². The molecule has 0 amide bonds. The summed E-state index contributed by atoms with van der Waals surface area (Å²) in [5, 5.41) is 10.3. The van der Waals surface area contributed by atoms with Gasteiger partial charge in [-0.15, -0.1) is 0 Å². The predicted molar refractivity (Wildman–Crippen MR) is 82.9 cm³/mol. The molecule has 0 radical (unpaired) electrons. The van der Waals surface area contributed by atoms with Crippen LogP contribution < -0.4 is 0 Å². The van der Waals surface area contributed by atoms with Crippen LogP contribution in [0, 0.1) is 0 Å². The standard InChI is InChI=1S/C18H27NO/c1-18(15-8-3-2-4-9-15)12-7-13-19(14-18)16-10-5-6-11-17(16)20/h2-4,8-9,16-17,20H,5-7,10-14H2,1H3. The molecule has 1 heterocycles. The van der Waals surface area contributed by atoms with Crippen LogP contribution in [0.5, 0.6) is 0 Å². The summed E-state index contributed by atoms with van der Waals surface area (Å²) in [4.78, 5) is 2.57. The number of rotatable bonds is 2. The topological polar surface area (TPSA) is 23.5 Å². The van der Waals surface area contributed by atoms with E-state index in [0.717, 1.165) is 19.5 Å². The highest BCUT2D eigenvalue weighted by atomic mass is 16.3. The summed E-state index contributed by atoms with van der Waals surface area (Å²) in [6.07, 6.45) is 7.03. The third-order valence-electron chi connectivity index (χ3n) is 5.36. The Bertz CT molecular complexity index is 432. The van der Waals surface area contributed by atoms with E-state index in [0.29, 0.717) is 6.04 Å². The zero-order valence-electron chi connectivity index (χ0n) is 12.6. The van der Waals surface area contributed by atoms with Gasteiger partial charge in [0, 0.05) is 18.0 Å². The summed E-state index contributed by atoms with van der Waals surface area (Å²) >= 11 is 0. The maximum absolute atomic E-state index is 10.3. The summed E-state index contributed by atoms with van der Waals surface area (Å²) in [6, 6.07) is 11.3. The van der Waals surface area contributed by atoms with Crippen molar-refractivity contribution in [1.29, 1.82) is 0 Å². The number of aliphatic hydroxyl groups excluding tert-OH is 1. The Kier molecular flexibility index (Phi) is 4.13. The van der Waals surface area contributed by atoms with Crippen molar-refractivity contribution in [2.75, 3.05) is 13.1 Å². The second kappa shape index (κ2) is 5.87. The molecule has 0 spiro atoms. The van der Waals surface area contributed by atoms with E-state index in [2.05, 4.69) is 42.2 Å². The van der Waals surface area contributed by atoms with E-state index in [9.17, 15) is 5.11 Å². The molecule has 2 nitrogen and oxygen atoms in total. The fourth-order valence-electron chi connectivity index (χ4n) is 4.16. The van der Waals surface area contributed by atoms with E-state index < -0.39 is 0 Å². The quantitative estimate of drug-likeness (QED) is 0.893. The van der Waals surface area contributed by atoms with Gasteiger partial charge < -0.3 is 5.11 Å². The average molecular weight is 273 g/mol. The van der Waals surface area contributed by atoms with Crippen LogP contribution >= 0.6 is 0 Å². The van der Waals surface area contributed by atoms with Gasteiger partial charge in [-0.2, -0.15) is 0 Å². The lowest BCUT2D eigenvalue weighted by molar-refractivity contribution is -0.00377. The van der Waals surface area contributed by atoms with Gasteiger partial charge in [0.25, 0.3) is 0 Å². The smallest absolute Gasteiger partial charge is 0.0695 e.